The number of aryl methyl sites for hydroxylation is 2. The molecule has 1 fully saturated rings. The Kier molecular flexibility index (Phi) is 4.93. The highest BCUT2D eigenvalue weighted by molar-refractivity contribution is 7.15. The van der Waals surface area contributed by atoms with Gasteiger partial charge in [0.25, 0.3) is 5.91 Å². The summed E-state index contributed by atoms with van der Waals surface area (Å²) in [7, 11) is 0. The number of nitrogens with one attached hydrogen (secondary N) is 1. The normalized spacial score (nSPS) is 17.2. The summed E-state index contributed by atoms with van der Waals surface area (Å²) in [6.45, 7) is 5.18. The number of hydrogen-bond donors (Lipinski definition) is 1. The van der Waals surface area contributed by atoms with Gasteiger partial charge in [-0.15, -0.1) is 11.3 Å². The number of para-hydroxylation sites is 1. The first-order valence-corrected chi connectivity index (χ1v) is 8.54. The van der Waals surface area contributed by atoms with Gasteiger partial charge in [0.15, 0.2) is 5.13 Å². The lowest BCUT2D eigenvalue weighted by atomic mass is 10.2. The van der Waals surface area contributed by atoms with Crippen LogP contribution in [0, 0.1) is 13.8 Å². The van der Waals surface area contributed by atoms with Gasteiger partial charge in [-0.2, -0.15) is 0 Å². The van der Waals surface area contributed by atoms with Crippen LogP contribution in [0.4, 0.5) is 5.13 Å². The maximum Gasteiger partial charge on any atom is 0.261 e. The summed E-state index contributed by atoms with van der Waals surface area (Å²) < 4.78 is 11.4. The van der Waals surface area contributed by atoms with Gasteiger partial charge in [0, 0.05) is 11.5 Å². The molecule has 6 heteroatoms. The van der Waals surface area contributed by atoms with Crippen molar-refractivity contribution >= 4 is 22.4 Å². The number of hydrogen-bond acceptors (Lipinski definition) is 5. The molecular formula is C17H20N2O3S. The lowest BCUT2D eigenvalue weighted by Crippen LogP contribution is -2.19. The Morgan fingerprint density at radius 1 is 1.43 bits per heavy atom. The topological polar surface area (TPSA) is 60.5 Å². The first-order valence-electron chi connectivity index (χ1n) is 7.72. The van der Waals surface area contributed by atoms with Crippen LogP contribution in [-0.2, 0) is 4.74 Å². The molecule has 1 aliphatic rings. The number of anilines is 1. The van der Waals surface area contributed by atoms with Gasteiger partial charge >= 0.3 is 0 Å². The molecule has 5 nitrogen and oxygen atoms in total. The van der Waals surface area contributed by atoms with Gasteiger partial charge < -0.3 is 9.47 Å². The molecule has 1 N–H and O–H groups in total. The van der Waals surface area contributed by atoms with E-state index >= 15 is 0 Å². The highest BCUT2D eigenvalue weighted by Gasteiger charge is 2.19. The van der Waals surface area contributed by atoms with Gasteiger partial charge in [-0.3, -0.25) is 10.1 Å². The van der Waals surface area contributed by atoms with Gasteiger partial charge in [-0.1, -0.05) is 12.1 Å². The molecule has 0 radical (unpaired) electrons. The lowest BCUT2D eigenvalue weighted by molar-refractivity contribution is 0.0673. The monoisotopic (exact) mass is 332 g/mol. The Morgan fingerprint density at radius 2 is 2.26 bits per heavy atom. The molecule has 1 aliphatic heterocycles. The average molecular weight is 332 g/mol. The number of rotatable bonds is 5. The second-order valence-electron chi connectivity index (χ2n) is 5.56. The van der Waals surface area contributed by atoms with Crippen molar-refractivity contribution in [1.82, 2.24) is 4.98 Å². The molecule has 1 atom stereocenters. The SMILES string of the molecule is Cc1nc(NC(=O)c2ccccc2OCC2CCCO2)sc1C. The highest BCUT2D eigenvalue weighted by atomic mass is 32.1. The fraction of sp³-hybridized carbons (Fsp3) is 0.412. The Hall–Kier alpha value is -1.92. The molecule has 0 aliphatic carbocycles. The summed E-state index contributed by atoms with van der Waals surface area (Å²) in [5, 5.41) is 3.46. The molecular weight excluding hydrogens is 312 g/mol. The molecule has 0 saturated carbocycles. The number of thiazole rings is 1. The summed E-state index contributed by atoms with van der Waals surface area (Å²) in [6.07, 6.45) is 2.20. The molecule has 122 valence electrons. The van der Waals surface area contributed by atoms with Crippen LogP contribution in [-0.4, -0.2) is 30.2 Å². The van der Waals surface area contributed by atoms with E-state index in [1.54, 1.807) is 6.07 Å². The number of carbonyl (C=O) groups is 1. The summed E-state index contributed by atoms with van der Waals surface area (Å²) in [6, 6.07) is 7.25. The zero-order chi connectivity index (χ0) is 16.2. The third-order valence-corrected chi connectivity index (χ3v) is 4.82. The third-order valence-electron chi connectivity index (χ3n) is 3.83. The smallest absolute Gasteiger partial charge is 0.261 e. The average Bonchev–Trinajstić information content (AvgIpc) is 3.16. The van der Waals surface area contributed by atoms with Gasteiger partial charge in [0.05, 0.1) is 17.4 Å². The number of carbonyl (C=O) groups excluding carboxylic acids is 1. The van der Waals surface area contributed by atoms with Crippen molar-refractivity contribution in [3.63, 3.8) is 0 Å². The van der Waals surface area contributed by atoms with Crippen LogP contribution in [0.1, 0.15) is 33.8 Å². The minimum Gasteiger partial charge on any atom is -0.490 e. The van der Waals surface area contributed by atoms with Crippen LogP contribution in [0.5, 0.6) is 5.75 Å². The van der Waals surface area contributed by atoms with Crippen LogP contribution >= 0.6 is 11.3 Å². The Balaban J connectivity index is 1.69. The predicted octanol–water partition coefficient (Wildman–Crippen LogP) is 3.57. The molecule has 2 aromatic rings. The van der Waals surface area contributed by atoms with E-state index in [1.165, 1.54) is 11.3 Å². The second kappa shape index (κ2) is 7.10. The molecule has 1 aromatic heterocycles. The van der Waals surface area contributed by atoms with E-state index < -0.39 is 0 Å². The Bertz CT molecular complexity index is 673. The van der Waals surface area contributed by atoms with E-state index in [0.717, 1.165) is 30.0 Å². The predicted molar refractivity (Wildman–Crippen MR) is 90.5 cm³/mol. The van der Waals surface area contributed by atoms with Crippen molar-refractivity contribution in [2.75, 3.05) is 18.5 Å². The van der Waals surface area contributed by atoms with Crippen molar-refractivity contribution in [3.05, 3.63) is 40.4 Å². The van der Waals surface area contributed by atoms with Gasteiger partial charge in [-0.25, -0.2) is 4.98 Å². The van der Waals surface area contributed by atoms with Gasteiger partial charge in [0.2, 0.25) is 0 Å². The van der Waals surface area contributed by atoms with Crippen molar-refractivity contribution < 1.29 is 14.3 Å². The number of ether oxygens (including phenoxy) is 2. The number of benzene rings is 1. The van der Waals surface area contributed by atoms with Crippen molar-refractivity contribution in [2.45, 2.75) is 32.8 Å². The molecule has 0 spiro atoms. The van der Waals surface area contributed by atoms with Crippen LogP contribution in [0.15, 0.2) is 24.3 Å². The fourth-order valence-corrected chi connectivity index (χ4v) is 3.24. The van der Waals surface area contributed by atoms with Crippen LogP contribution < -0.4 is 10.1 Å². The molecule has 3 rings (SSSR count). The number of amides is 1. The summed E-state index contributed by atoms with van der Waals surface area (Å²) in [5.74, 6) is 0.368. The minimum absolute atomic E-state index is 0.121. The summed E-state index contributed by atoms with van der Waals surface area (Å²) in [4.78, 5) is 17.9. The van der Waals surface area contributed by atoms with Crippen LogP contribution in [0.25, 0.3) is 0 Å². The maximum absolute atomic E-state index is 12.5. The van der Waals surface area contributed by atoms with Crippen LogP contribution in [0.2, 0.25) is 0 Å². The summed E-state index contributed by atoms with van der Waals surface area (Å²) in [5.41, 5.74) is 1.45. The van der Waals surface area contributed by atoms with Crippen molar-refractivity contribution in [1.29, 1.82) is 0 Å². The van der Waals surface area contributed by atoms with Crippen molar-refractivity contribution in [2.24, 2.45) is 0 Å². The van der Waals surface area contributed by atoms with E-state index in [4.69, 9.17) is 9.47 Å². The van der Waals surface area contributed by atoms with E-state index in [9.17, 15) is 4.79 Å². The summed E-state index contributed by atoms with van der Waals surface area (Å²) >= 11 is 1.47. The minimum atomic E-state index is -0.207. The zero-order valence-corrected chi connectivity index (χ0v) is 14.1. The second-order valence-corrected chi connectivity index (χ2v) is 6.76. The molecule has 1 unspecified atom stereocenters. The zero-order valence-electron chi connectivity index (χ0n) is 13.3. The maximum atomic E-state index is 12.5. The first kappa shape index (κ1) is 16.0. The lowest BCUT2D eigenvalue weighted by Gasteiger charge is -2.14. The number of aromatic nitrogens is 1. The van der Waals surface area contributed by atoms with E-state index in [1.807, 2.05) is 32.0 Å². The molecule has 2 heterocycles. The number of nitrogens with zero attached hydrogens (tertiary/aromatic N) is 1. The van der Waals surface area contributed by atoms with Gasteiger partial charge in [0.1, 0.15) is 12.4 Å². The molecule has 1 amide bonds. The van der Waals surface area contributed by atoms with Gasteiger partial charge in [-0.05, 0) is 38.8 Å². The first-order chi connectivity index (χ1) is 11.1. The quantitative estimate of drug-likeness (QED) is 0.909. The fourth-order valence-electron chi connectivity index (χ4n) is 2.43. The highest BCUT2D eigenvalue weighted by Crippen LogP contribution is 2.24. The largest absolute Gasteiger partial charge is 0.490 e. The molecule has 0 bridgehead atoms. The third kappa shape index (κ3) is 3.89. The van der Waals surface area contributed by atoms with Crippen molar-refractivity contribution in [3.8, 4) is 5.75 Å². The standard InChI is InChI=1S/C17H20N2O3S/c1-11-12(2)23-17(18-11)19-16(20)14-7-3-4-8-15(14)22-10-13-6-5-9-21-13/h3-4,7-8,13H,5-6,9-10H2,1-2H3,(H,18,19,20). The molecule has 1 saturated heterocycles. The van der Waals surface area contributed by atoms with E-state index in [0.29, 0.717) is 23.1 Å². The molecule has 23 heavy (non-hydrogen) atoms. The van der Waals surface area contributed by atoms with Crippen LogP contribution in [0.3, 0.4) is 0 Å². The Labute approximate surface area is 139 Å². The van der Waals surface area contributed by atoms with E-state index in [-0.39, 0.29) is 12.0 Å². The van der Waals surface area contributed by atoms with E-state index in [2.05, 4.69) is 10.3 Å². The Morgan fingerprint density at radius 3 is 2.96 bits per heavy atom. The molecule has 1 aromatic carbocycles.